The maximum atomic E-state index is 13.5. The minimum Gasteiger partial charge on any atom is -0.378 e. The lowest BCUT2D eigenvalue weighted by molar-refractivity contribution is -0.136. The van der Waals surface area contributed by atoms with E-state index >= 15 is 0 Å². The molecule has 0 spiro atoms. The van der Waals surface area contributed by atoms with E-state index in [2.05, 4.69) is 22.4 Å². The standard InChI is InChI=1S/C25H27N5O2/c31-25(30-13-15-32-16-14-30)22(17-18-7-2-1-3-8-18)28-23-19-9-6-11-20(19)27-24(29-23)21-10-4-5-12-26-21/h1-5,7-8,10,12,22H,6,9,11,13-17H2,(H,27,28,29). The van der Waals surface area contributed by atoms with Gasteiger partial charge in [0.05, 0.1) is 13.2 Å². The van der Waals surface area contributed by atoms with Gasteiger partial charge in [-0.3, -0.25) is 9.78 Å². The van der Waals surface area contributed by atoms with Gasteiger partial charge in [-0.25, -0.2) is 9.97 Å². The van der Waals surface area contributed by atoms with E-state index < -0.39 is 6.04 Å². The Kier molecular flexibility index (Phi) is 6.07. The van der Waals surface area contributed by atoms with Crippen LogP contribution in [0, 0.1) is 0 Å². The molecule has 1 atom stereocenters. The fraction of sp³-hybridized carbons (Fsp3) is 0.360. The normalized spacial score (nSPS) is 16.4. The second kappa shape index (κ2) is 9.44. The predicted molar refractivity (Wildman–Crippen MR) is 122 cm³/mol. The van der Waals surface area contributed by atoms with Gasteiger partial charge in [-0.1, -0.05) is 36.4 Å². The number of hydrogen-bond acceptors (Lipinski definition) is 6. The van der Waals surface area contributed by atoms with Gasteiger partial charge < -0.3 is 15.0 Å². The Labute approximate surface area is 187 Å². The smallest absolute Gasteiger partial charge is 0.245 e. The average molecular weight is 430 g/mol. The summed E-state index contributed by atoms with van der Waals surface area (Å²) in [6.45, 7) is 2.40. The first-order valence-electron chi connectivity index (χ1n) is 11.3. The average Bonchev–Trinajstić information content (AvgIpc) is 3.34. The van der Waals surface area contributed by atoms with E-state index in [9.17, 15) is 4.79 Å². The number of nitrogens with one attached hydrogen (secondary N) is 1. The second-order valence-electron chi connectivity index (χ2n) is 8.21. The number of aryl methyl sites for hydroxylation is 1. The minimum atomic E-state index is -0.410. The topological polar surface area (TPSA) is 80.2 Å². The number of nitrogens with zero attached hydrogens (tertiary/aromatic N) is 4. The number of morpholine rings is 1. The number of ether oxygens (including phenoxy) is 1. The van der Waals surface area contributed by atoms with Crippen molar-refractivity contribution in [3.05, 3.63) is 71.5 Å². The zero-order valence-electron chi connectivity index (χ0n) is 18.0. The molecule has 1 amide bonds. The van der Waals surface area contributed by atoms with Crippen LogP contribution in [0.4, 0.5) is 5.82 Å². The Morgan fingerprint density at radius 2 is 1.84 bits per heavy atom. The van der Waals surface area contributed by atoms with Crippen molar-refractivity contribution in [2.24, 2.45) is 0 Å². The molecule has 1 aliphatic carbocycles. The Morgan fingerprint density at radius 1 is 1.03 bits per heavy atom. The van der Waals surface area contributed by atoms with E-state index in [1.165, 1.54) is 0 Å². The lowest BCUT2D eigenvalue weighted by Crippen LogP contribution is -2.49. The molecule has 1 N–H and O–H groups in total. The van der Waals surface area contributed by atoms with Crippen molar-refractivity contribution in [1.82, 2.24) is 19.9 Å². The summed E-state index contributed by atoms with van der Waals surface area (Å²) in [5.41, 5.74) is 4.03. The number of fused-ring (bicyclic) bond motifs is 1. The van der Waals surface area contributed by atoms with Crippen molar-refractivity contribution >= 4 is 11.7 Å². The van der Waals surface area contributed by atoms with Gasteiger partial charge in [-0.15, -0.1) is 0 Å². The monoisotopic (exact) mass is 429 g/mol. The molecule has 1 saturated heterocycles. The maximum absolute atomic E-state index is 13.5. The van der Waals surface area contributed by atoms with E-state index in [1.807, 2.05) is 41.3 Å². The van der Waals surface area contributed by atoms with Crippen LogP contribution in [-0.2, 0) is 28.8 Å². The molecule has 32 heavy (non-hydrogen) atoms. The zero-order valence-corrected chi connectivity index (χ0v) is 18.0. The molecule has 0 bridgehead atoms. The molecule has 2 aromatic heterocycles. The van der Waals surface area contributed by atoms with Gasteiger partial charge in [0.1, 0.15) is 17.6 Å². The summed E-state index contributed by atoms with van der Waals surface area (Å²) >= 11 is 0. The number of aromatic nitrogens is 3. The molecule has 5 rings (SSSR count). The second-order valence-corrected chi connectivity index (χ2v) is 8.21. The van der Waals surface area contributed by atoms with Crippen molar-refractivity contribution in [3.63, 3.8) is 0 Å². The third-order valence-corrected chi connectivity index (χ3v) is 6.04. The number of hydrogen-bond donors (Lipinski definition) is 1. The summed E-state index contributed by atoms with van der Waals surface area (Å²) in [6, 6.07) is 15.5. The summed E-state index contributed by atoms with van der Waals surface area (Å²) in [5, 5.41) is 3.52. The Balaban J connectivity index is 1.48. The van der Waals surface area contributed by atoms with Crippen molar-refractivity contribution in [1.29, 1.82) is 0 Å². The van der Waals surface area contributed by atoms with Crippen LogP contribution >= 0.6 is 0 Å². The van der Waals surface area contributed by atoms with E-state index in [0.29, 0.717) is 38.5 Å². The molecule has 7 nitrogen and oxygen atoms in total. The molecule has 0 radical (unpaired) electrons. The van der Waals surface area contributed by atoms with Crippen LogP contribution in [0.5, 0.6) is 0 Å². The molecular formula is C25H27N5O2. The fourth-order valence-electron chi connectivity index (χ4n) is 4.38. The Morgan fingerprint density at radius 3 is 2.62 bits per heavy atom. The van der Waals surface area contributed by atoms with Crippen LogP contribution < -0.4 is 5.32 Å². The van der Waals surface area contributed by atoms with Crippen molar-refractivity contribution in [2.75, 3.05) is 31.6 Å². The number of anilines is 1. The first-order valence-corrected chi connectivity index (χ1v) is 11.3. The number of carbonyl (C=O) groups excluding carboxylic acids is 1. The maximum Gasteiger partial charge on any atom is 0.245 e. The van der Waals surface area contributed by atoms with Crippen LogP contribution in [0.15, 0.2) is 54.7 Å². The van der Waals surface area contributed by atoms with Gasteiger partial charge >= 0.3 is 0 Å². The summed E-state index contributed by atoms with van der Waals surface area (Å²) in [7, 11) is 0. The fourth-order valence-corrected chi connectivity index (χ4v) is 4.38. The van der Waals surface area contributed by atoms with Crippen molar-refractivity contribution in [2.45, 2.75) is 31.7 Å². The lowest BCUT2D eigenvalue weighted by atomic mass is 10.0. The number of carbonyl (C=O) groups is 1. The van der Waals surface area contributed by atoms with E-state index in [-0.39, 0.29) is 5.91 Å². The molecule has 1 aromatic carbocycles. The molecule has 1 aliphatic heterocycles. The van der Waals surface area contributed by atoms with Gasteiger partial charge in [0.25, 0.3) is 0 Å². The van der Waals surface area contributed by atoms with Crippen LogP contribution in [0.2, 0.25) is 0 Å². The predicted octanol–water partition coefficient (Wildman–Crippen LogP) is 2.91. The molecule has 3 heterocycles. The first-order chi connectivity index (χ1) is 15.8. The quantitative estimate of drug-likeness (QED) is 0.649. The number of amides is 1. The largest absolute Gasteiger partial charge is 0.378 e. The molecular weight excluding hydrogens is 402 g/mol. The van der Waals surface area contributed by atoms with Gasteiger partial charge in [0, 0.05) is 37.0 Å². The van der Waals surface area contributed by atoms with E-state index in [0.717, 1.165) is 47.6 Å². The summed E-state index contributed by atoms with van der Waals surface area (Å²) in [4.78, 5) is 29.5. The van der Waals surface area contributed by atoms with Crippen LogP contribution in [0.25, 0.3) is 11.5 Å². The van der Waals surface area contributed by atoms with E-state index in [4.69, 9.17) is 14.7 Å². The highest BCUT2D eigenvalue weighted by atomic mass is 16.5. The highest BCUT2D eigenvalue weighted by Gasteiger charge is 2.29. The van der Waals surface area contributed by atoms with Crippen LogP contribution in [-0.4, -0.2) is 58.1 Å². The molecule has 1 unspecified atom stereocenters. The Bertz CT molecular complexity index is 1070. The highest BCUT2D eigenvalue weighted by Crippen LogP contribution is 2.29. The molecule has 2 aliphatic rings. The van der Waals surface area contributed by atoms with Crippen LogP contribution in [0.1, 0.15) is 23.2 Å². The highest BCUT2D eigenvalue weighted by molar-refractivity contribution is 5.85. The van der Waals surface area contributed by atoms with Gasteiger partial charge in [0.2, 0.25) is 5.91 Å². The van der Waals surface area contributed by atoms with Crippen LogP contribution in [0.3, 0.4) is 0 Å². The first kappa shape index (κ1) is 20.6. The van der Waals surface area contributed by atoms with Crippen molar-refractivity contribution in [3.8, 4) is 11.5 Å². The third-order valence-electron chi connectivity index (χ3n) is 6.04. The zero-order chi connectivity index (χ0) is 21.8. The third kappa shape index (κ3) is 4.48. The van der Waals surface area contributed by atoms with E-state index in [1.54, 1.807) is 6.20 Å². The number of rotatable bonds is 6. The van der Waals surface area contributed by atoms with Gasteiger partial charge in [0.15, 0.2) is 5.82 Å². The summed E-state index contributed by atoms with van der Waals surface area (Å²) in [5.74, 6) is 1.45. The summed E-state index contributed by atoms with van der Waals surface area (Å²) < 4.78 is 5.45. The molecule has 7 heteroatoms. The number of pyridine rings is 1. The molecule has 164 valence electrons. The molecule has 3 aromatic rings. The molecule has 0 saturated carbocycles. The Hall–Kier alpha value is -3.32. The molecule has 1 fully saturated rings. The van der Waals surface area contributed by atoms with Gasteiger partial charge in [-0.2, -0.15) is 0 Å². The minimum absolute atomic E-state index is 0.0851. The summed E-state index contributed by atoms with van der Waals surface area (Å²) in [6.07, 6.45) is 5.23. The van der Waals surface area contributed by atoms with Gasteiger partial charge in [-0.05, 0) is 37.0 Å². The number of benzene rings is 1. The van der Waals surface area contributed by atoms with Crippen molar-refractivity contribution < 1.29 is 9.53 Å². The SMILES string of the molecule is O=C(C(Cc1ccccc1)Nc1nc(-c2ccccn2)nc2c1CCC2)N1CCOCC1. The lowest BCUT2D eigenvalue weighted by Gasteiger charge is -2.31.